The van der Waals surface area contributed by atoms with Crippen molar-refractivity contribution in [1.29, 1.82) is 5.26 Å². The van der Waals surface area contributed by atoms with E-state index in [1.54, 1.807) is 0 Å². The molecule has 2 N–H and O–H groups in total. The lowest BCUT2D eigenvalue weighted by molar-refractivity contribution is 0.305. The number of nitriles is 1. The molecule has 21 heavy (non-hydrogen) atoms. The zero-order valence-corrected chi connectivity index (χ0v) is 11.8. The SMILES string of the molecule is CC[C@@H](N)c1ccc(OCc2cc(F)ccc2C#N)cc1. The highest BCUT2D eigenvalue weighted by Crippen LogP contribution is 2.20. The van der Waals surface area contributed by atoms with Crippen molar-refractivity contribution in [1.82, 2.24) is 0 Å². The Balaban J connectivity index is 2.07. The van der Waals surface area contributed by atoms with Gasteiger partial charge in [-0.1, -0.05) is 19.1 Å². The largest absolute Gasteiger partial charge is 0.489 e. The monoisotopic (exact) mass is 284 g/mol. The summed E-state index contributed by atoms with van der Waals surface area (Å²) in [5, 5.41) is 8.99. The van der Waals surface area contributed by atoms with Gasteiger partial charge in [0.1, 0.15) is 18.2 Å². The summed E-state index contributed by atoms with van der Waals surface area (Å²) in [6.07, 6.45) is 0.870. The zero-order valence-electron chi connectivity index (χ0n) is 11.8. The first-order chi connectivity index (χ1) is 10.1. The maximum Gasteiger partial charge on any atom is 0.123 e. The molecule has 0 spiro atoms. The first-order valence-electron chi connectivity index (χ1n) is 6.81. The molecule has 2 rings (SSSR count). The van der Waals surface area contributed by atoms with Crippen LogP contribution in [0, 0.1) is 17.1 Å². The fourth-order valence-corrected chi connectivity index (χ4v) is 2.00. The molecule has 0 unspecified atom stereocenters. The van der Waals surface area contributed by atoms with Gasteiger partial charge in [0.2, 0.25) is 0 Å². The van der Waals surface area contributed by atoms with Crippen LogP contribution in [0.3, 0.4) is 0 Å². The summed E-state index contributed by atoms with van der Waals surface area (Å²) < 4.78 is 18.8. The third-order valence-corrected chi connectivity index (χ3v) is 3.33. The molecule has 0 heterocycles. The average molecular weight is 284 g/mol. The van der Waals surface area contributed by atoms with Crippen LogP contribution in [-0.4, -0.2) is 0 Å². The van der Waals surface area contributed by atoms with Crippen LogP contribution in [0.1, 0.15) is 36.1 Å². The Hall–Kier alpha value is -2.38. The number of hydrogen-bond donors (Lipinski definition) is 1. The third kappa shape index (κ3) is 3.80. The van der Waals surface area contributed by atoms with Crippen LogP contribution < -0.4 is 10.5 Å². The lowest BCUT2D eigenvalue weighted by Gasteiger charge is -2.11. The Bertz CT molecular complexity index is 647. The van der Waals surface area contributed by atoms with Crippen molar-refractivity contribution in [2.45, 2.75) is 26.0 Å². The van der Waals surface area contributed by atoms with Gasteiger partial charge >= 0.3 is 0 Å². The maximum atomic E-state index is 13.2. The summed E-state index contributed by atoms with van der Waals surface area (Å²) >= 11 is 0. The molecule has 2 aromatic rings. The minimum atomic E-state index is -0.378. The molecule has 108 valence electrons. The summed E-state index contributed by atoms with van der Waals surface area (Å²) in [4.78, 5) is 0. The molecule has 0 bridgehead atoms. The van der Waals surface area contributed by atoms with E-state index >= 15 is 0 Å². The smallest absolute Gasteiger partial charge is 0.123 e. The second-order valence-corrected chi connectivity index (χ2v) is 4.79. The van der Waals surface area contributed by atoms with E-state index in [4.69, 9.17) is 15.7 Å². The molecular weight excluding hydrogens is 267 g/mol. The minimum absolute atomic E-state index is 0.0208. The molecular formula is C17H17FN2O. The zero-order chi connectivity index (χ0) is 15.2. The van der Waals surface area contributed by atoms with E-state index in [0.717, 1.165) is 12.0 Å². The van der Waals surface area contributed by atoms with Gasteiger partial charge in [-0.25, -0.2) is 4.39 Å². The highest BCUT2D eigenvalue weighted by atomic mass is 19.1. The first kappa shape index (κ1) is 15.0. The lowest BCUT2D eigenvalue weighted by Crippen LogP contribution is -2.08. The molecule has 0 radical (unpaired) electrons. The summed E-state index contributed by atoms with van der Waals surface area (Å²) in [7, 11) is 0. The van der Waals surface area contributed by atoms with Crippen molar-refractivity contribution in [2.75, 3.05) is 0 Å². The summed E-state index contributed by atoms with van der Waals surface area (Å²) in [6.45, 7) is 2.18. The number of benzene rings is 2. The van der Waals surface area contributed by atoms with Gasteiger partial charge in [-0.15, -0.1) is 0 Å². The van der Waals surface area contributed by atoms with Crippen molar-refractivity contribution in [3.8, 4) is 11.8 Å². The van der Waals surface area contributed by atoms with Crippen LogP contribution in [-0.2, 0) is 6.61 Å². The Morgan fingerprint density at radius 3 is 2.57 bits per heavy atom. The Kier molecular flexibility index (Phi) is 4.91. The topological polar surface area (TPSA) is 59.0 Å². The first-order valence-corrected chi connectivity index (χ1v) is 6.81. The highest BCUT2D eigenvalue weighted by molar-refractivity contribution is 5.38. The molecule has 0 saturated carbocycles. The number of nitrogens with zero attached hydrogens (tertiary/aromatic N) is 1. The maximum absolute atomic E-state index is 13.2. The second kappa shape index (κ2) is 6.87. The minimum Gasteiger partial charge on any atom is -0.489 e. The van der Waals surface area contributed by atoms with Gasteiger partial charge in [-0.05, 0) is 42.3 Å². The van der Waals surface area contributed by atoms with Crippen molar-refractivity contribution >= 4 is 0 Å². The third-order valence-electron chi connectivity index (χ3n) is 3.33. The van der Waals surface area contributed by atoms with Gasteiger partial charge in [0.05, 0.1) is 11.6 Å². The molecule has 0 aliphatic rings. The van der Waals surface area contributed by atoms with Crippen LogP contribution in [0.4, 0.5) is 4.39 Å². The number of halogens is 1. The summed E-state index contributed by atoms with van der Waals surface area (Å²) in [5.74, 6) is 0.284. The van der Waals surface area contributed by atoms with Gasteiger partial charge in [0.15, 0.2) is 0 Å². The van der Waals surface area contributed by atoms with Crippen LogP contribution >= 0.6 is 0 Å². The van der Waals surface area contributed by atoms with Crippen molar-refractivity contribution in [3.05, 3.63) is 65.0 Å². The molecule has 1 atom stereocenters. The molecule has 0 fully saturated rings. The second-order valence-electron chi connectivity index (χ2n) is 4.79. The van der Waals surface area contributed by atoms with Crippen molar-refractivity contribution < 1.29 is 9.13 Å². The highest BCUT2D eigenvalue weighted by Gasteiger charge is 2.06. The van der Waals surface area contributed by atoms with Gasteiger partial charge in [0, 0.05) is 11.6 Å². The van der Waals surface area contributed by atoms with E-state index in [9.17, 15) is 4.39 Å². The number of ether oxygens (including phenoxy) is 1. The summed E-state index contributed by atoms with van der Waals surface area (Å²) in [6, 6.07) is 13.6. The van der Waals surface area contributed by atoms with E-state index in [-0.39, 0.29) is 18.5 Å². The van der Waals surface area contributed by atoms with Crippen LogP contribution in [0.2, 0.25) is 0 Å². The van der Waals surface area contributed by atoms with Gasteiger partial charge < -0.3 is 10.5 Å². The fourth-order valence-electron chi connectivity index (χ4n) is 2.00. The van der Waals surface area contributed by atoms with Crippen LogP contribution in [0.15, 0.2) is 42.5 Å². The van der Waals surface area contributed by atoms with E-state index < -0.39 is 0 Å². The Labute approximate surface area is 123 Å². The van der Waals surface area contributed by atoms with Crippen LogP contribution in [0.5, 0.6) is 5.75 Å². The molecule has 0 aliphatic carbocycles. The van der Waals surface area contributed by atoms with E-state index in [1.807, 2.05) is 37.3 Å². The summed E-state index contributed by atoms with van der Waals surface area (Å²) in [5.41, 5.74) is 7.95. The predicted octanol–water partition coefficient (Wildman–Crippen LogP) is 3.69. The Morgan fingerprint density at radius 2 is 1.95 bits per heavy atom. The van der Waals surface area contributed by atoms with E-state index in [0.29, 0.717) is 16.9 Å². The average Bonchev–Trinajstić information content (AvgIpc) is 2.52. The van der Waals surface area contributed by atoms with E-state index in [2.05, 4.69) is 0 Å². The van der Waals surface area contributed by atoms with Crippen LogP contribution in [0.25, 0.3) is 0 Å². The number of rotatable bonds is 5. The van der Waals surface area contributed by atoms with Gasteiger partial charge in [0.25, 0.3) is 0 Å². The standard InChI is InChI=1S/C17H17FN2O/c1-2-17(20)12-4-7-16(8-5-12)21-11-14-9-15(18)6-3-13(14)10-19/h3-9,17H,2,11,20H2,1H3/t17-/m1/s1. The lowest BCUT2D eigenvalue weighted by atomic mass is 10.1. The molecule has 0 amide bonds. The predicted molar refractivity (Wildman–Crippen MR) is 79.1 cm³/mol. The number of hydrogen-bond acceptors (Lipinski definition) is 3. The molecule has 0 aromatic heterocycles. The van der Waals surface area contributed by atoms with E-state index in [1.165, 1.54) is 18.2 Å². The van der Waals surface area contributed by atoms with Gasteiger partial charge in [-0.2, -0.15) is 5.26 Å². The molecule has 0 aliphatic heterocycles. The van der Waals surface area contributed by atoms with Crippen molar-refractivity contribution in [3.63, 3.8) is 0 Å². The normalized spacial score (nSPS) is 11.7. The molecule has 3 nitrogen and oxygen atoms in total. The molecule has 0 saturated heterocycles. The fraction of sp³-hybridized carbons (Fsp3) is 0.235. The molecule has 4 heteroatoms. The quantitative estimate of drug-likeness (QED) is 0.911. The van der Waals surface area contributed by atoms with Crippen molar-refractivity contribution in [2.24, 2.45) is 5.73 Å². The number of nitrogens with two attached hydrogens (primary N) is 1. The Morgan fingerprint density at radius 1 is 1.24 bits per heavy atom. The molecule has 2 aromatic carbocycles. The van der Waals surface area contributed by atoms with Gasteiger partial charge in [-0.3, -0.25) is 0 Å².